The number of hydrogen-bond donors (Lipinski definition) is 0. The van der Waals surface area contributed by atoms with Gasteiger partial charge < -0.3 is 4.74 Å². The zero-order valence-corrected chi connectivity index (χ0v) is 12.3. The third-order valence-electron chi connectivity index (χ3n) is 3.31. The summed E-state index contributed by atoms with van der Waals surface area (Å²) in [7, 11) is 0. The molecule has 0 aromatic heterocycles. The Morgan fingerprint density at radius 3 is 2.75 bits per heavy atom. The van der Waals surface area contributed by atoms with E-state index in [1.54, 1.807) is 0 Å². The lowest BCUT2D eigenvalue weighted by atomic mass is 10.0. The molecule has 110 valence electrons. The van der Waals surface area contributed by atoms with Crippen LogP contribution in [0.4, 0.5) is 13.2 Å². The molecule has 20 heavy (non-hydrogen) atoms. The van der Waals surface area contributed by atoms with Gasteiger partial charge in [0.25, 0.3) is 0 Å². The number of benzene rings is 1. The van der Waals surface area contributed by atoms with Crippen LogP contribution in [0.5, 0.6) is 0 Å². The highest BCUT2D eigenvalue weighted by Crippen LogP contribution is 2.32. The normalized spacial score (nSPS) is 19.3. The van der Waals surface area contributed by atoms with Crippen LogP contribution in [0.15, 0.2) is 22.7 Å². The van der Waals surface area contributed by atoms with Gasteiger partial charge in [-0.3, -0.25) is 4.79 Å². The first-order chi connectivity index (χ1) is 9.38. The van der Waals surface area contributed by atoms with Crippen LogP contribution in [0.1, 0.15) is 41.6 Å². The van der Waals surface area contributed by atoms with Gasteiger partial charge in [0.15, 0.2) is 5.78 Å². The summed E-state index contributed by atoms with van der Waals surface area (Å²) >= 11 is 3.13. The Bertz CT molecular complexity index is 494. The third kappa shape index (κ3) is 3.82. The first-order valence-corrected chi connectivity index (χ1v) is 7.19. The van der Waals surface area contributed by atoms with Crippen molar-refractivity contribution >= 4 is 21.7 Å². The maximum Gasteiger partial charge on any atom is 0.416 e. The second kappa shape index (κ2) is 6.26. The minimum Gasteiger partial charge on any atom is -0.378 e. The maximum absolute atomic E-state index is 12.6. The van der Waals surface area contributed by atoms with Crippen molar-refractivity contribution < 1.29 is 22.7 Å². The van der Waals surface area contributed by atoms with Crippen LogP contribution in [0, 0.1) is 0 Å². The average molecular weight is 351 g/mol. The molecule has 1 atom stereocenters. The molecule has 1 aliphatic rings. The van der Waals surface area contributed by atoms with Gasteiger partial charge in [0.05, 0.1) is 11.7 Å². The fraction of sp³-hybridized carbons (Fsp3) is 0.500. The highest BCUT2D eigenvalue weighted by Gasteiger charge is 2.31. The third-order valence-corrected chi connectivity index (χ3v) is 4.00. The Hall–Kier alpha value is -0.880. The molecule has 0 aliphatic carbocycles. The quantitative estimate of drug-likeness (QED) is 0.741. The standard InChI is InChI=1S/C14H14BrF3O2/c15-12-5-3-9(14(16,17)18)8-11(12)13(19)6-4-10-2-1-7-20-10/h3,5,8,10H,1-2,4,6-7H2. The van der Waals surface area contributed by atoms with E-state index in [4.69, 9.17) is 4.74 Å². The molecule has 1 aromatic carbocycles. The monoisotopic (exact) mass is 350 g/mol. The van der Waals surface area contributed by atoms with Crippen LogP contribution in [0.2, 0.25) is 0 Å². The Labute approximate surface area is 123 Å². The number of alkyl halides is 3. The molecule has 2 rings (SSSR count). The minimum absolute atomic E-state index is 0.0588. The first-order valence-electron chi connectivity index (χ1n) is 6.39. The summed E-state index contributed by atoms with van der Waals surface area (Å²) in [6, 6.07) is 3.13. The summed E-state index contributed by atoms with van der Waals surface area (Å²) in [6.45, 7) is 0.701. The molecule has 1 saturated heterocycles. The van der Waals surface area contributed by atoms with E-state index in [0.717, 1.165) is 25.0 Å². The van der Waals surface area contributed by atoms with E-state index in [2.05, 4.69) is 15.9 Å². The molecule has 1 aromatic rings. The van der Waals surface area contributed by atoms with Crippen molar-refractivity contribution in [3.05, 3.63) is 33.8 Å². The van der Waals surface area contributed by atoms with Crippen molar-refractivity contribution in [2.45, 2.75) is 38.0 Å². The van der Waals surface area contributed by atoms with Gasteiger partial charge in [-0.25, -0.2) is 0 Å². The summed E-state index contributed by atoms with van der Waals surface area (Å²) < 4.78 is 43.7. The fourth-order valence-corrected chi connectivity index (χ4v) is 2.68. The van der Waals surface area contributed by atoms with E-state index in [9.17, 15) is 18.0 Å². The summed E-state index contributed by atoms with van der Waals surface area (Å²) in [5, 5.41) is 0. The van der Waals surface area contributed by atoms with Crippen molar-refractivity contribution in [3.63, 3.8) is 0 Å². The largest absolute Gasteiger partial charge is 0.416 e. The van der Waals surface area contributed by atoms with Gasteiger partial charge in [-0.1, -0.05) is 15.9 Å². The molecular formula is C14H14BrF3O2. The molecule has 0 N–H and O–H groups in total. The predicted octanol–water partition coefficient (Wildman–Crippen LogP) is 4.61. The zero-order chi connectivity index (χ0) is 14.8. The Kier molecular flexibility index (Phi) is 4.86. The molecule has 2 nitrogen and oxygen atoms in total. The average Bonchev–Trinajstić information content (AvgIpc) is 2.88. The van der Waals surface area contributed by atoms with Gasteiger partial charge in [0.1, 0.15) is 0 Å². The van der Waals surface area contributed by atoms with E-state index in [1.807, 2.05) is 0 Å². The maximum atomic E-state index is 12.6. The van der Waals surface area contributed by atoms with Crippen molar-refractivity contribution in [3.8, 4) is 0 Å². The van der Waals surface area contributed by atoms with E-state index >= 15 is 0 Å². The lowest BCUT2D eigenvalue weighted by Gasteiger charge is -2.11. The molecular weight excluding hydrogens is 337 g/mol. The summed E-state index contributed by atoms with van der Waals surface area (Å²) in [5.41, 5.74) is -0.723. The lowest BCUT2D eigenvalue weighted by molar-refractivity contribution is -0.137. The Morgan fingerprint density at radius 1 is 1.40 bits per heavy atom. The highest BCUT2D eigenvalue weighted by molar-refractivity contribution is 9.10. The molecule has 0 bridgehead atoms. The van der Waals surface area contributed by atoms with Crippen LogP contribution in [-0.4, -0.2) is 18.5 Å². The predicted molar refractivity (Wildman–Crippen MR) is 71.7 cm³/mol. The first kappa shape index (κ1) is 15.5. The van der Waals surface area contributed by atoms with Crippen LogP contribution in [-0.2, 0) is 10.9 Å². The number of carbonyl (C=O) groups is 1. The number of rotatable bonds is 4. The highest BCUT2D eigenvalue weighted by atomic mass is 79.9. The molecule has 0 spiro atoms. The van der Waals surface area contributed by atoms with Crippen LogP contribution >= 0.6 is 15.9 Å². The van der Waals surface area contributed by atoms with E-state index in [-0.39, 0.29) is 23.9 Å². The smallest absolute Gasteiger partial charge is 0.378 e. The zero-order valence-electron chi connectivity index (χ0n) is 10.7. The van der Waals surface area contributed by atoms with Gasteiger partial charge in [-0.05, 0) is 37.5 Å². The van der Waals surface area contributed by atoms with Crippen molar-refractivity contribution in [1.29, 1.82) is 0 Å². The van der Waals surface area contributed by atoms with Crippen molar-refractivity contribution in [2.24, 2.45) is 0 Å². The fourth-order valence-electron chi connectivity index (χ4n) is 2.21. The van der Waals surface area contributed by atoms with Crippen molar-refractivity contribution in [2.75, 3.05) is 6.61 Å². The molecule has 0 radical (unpaired) electrons. The summed E-state index contributed by atoms with van der Waals surface area (Å²) in [4.78, 5) is 12.0. The van der Waals surface area contributed by atoms with Gasteiger partial charge in [0.2, 0.25) is 0 Å². The minimum atomic E-state index is -4.44. The van der Waals surface area contributed by atoms with Crippen molar-refractivity contribution in [1.82, 2.24) is 0 Å². The van der Waals surface area contributed by atoms with E-state index < -0.39 is 11.7 Å². The van der Waals surface area contributed by atoms with Gasteiger partial charge in [-0.15, -0.1) is 0 Å². The number of hydrogen-bond acceptors (Lipinski definition) is 2. The molecule has 1 aliphatic heterocycles. The second-order valence-corrected chi connectivity index (χ2v) is 5.64. The number of ketones is 1. The van der Waals surface area contributed by atoms with Gasteiger partial charge in [0, 0.05) is 23.1 Å². The van der Waals surface area contributed by atoms with Crippen LogP contribution < -0.4 is 0 Å². The number of Topliss-reactive ketones (excluding diaryl/α,β-unsaturated/α-hetero) is 1. The summed E-state index contributed by atoms with van der Waals surface area (Å²) in [6.07, 6.45) is -1.73. The van der Waals surface area contributed by atoms with E-state index in [0.29, 0.717) is 17.5 Å². The van der Waals surface area contributed by atoms with Gasteiger partial charge in [-0.2, -0.15) is 13.2 Å². The Balaban J connectivity index is 2.08. The Morgan fingerprint density at radius 2 is 2.15 bits per heavy atom. The number of carbonyl (C=O) groups excluding carboxylic acids is 1. The van der Waals surface area contributed by atoms with E-state index in [1.165, 1.54) is 6.07 Å². The second-order valence-electron chi connectivity index (χ2n) is 4.79. The molecule has 0 amide bonds. The molecule has 1 fully saturated rings. The van der Waals surface area contributed by atoms with Gasteiger partial charge >= 0.3 is 6.18 Å². The molecule has 0 saturated carbocycles. The topological polar surface area (TPSA) is 26.3 Å². The molecule has 1 heterocycles. The summed E-state index contributed by atoms with van der Waals surface area (Å²) in [5.74, 6) is -0.293. The number of halogens is 4. The SMILES string of the molecule is O=C(CCC1CCCO1)c1cc(C(F)(F)F)ccc1Br. The number of ether oxygens (including phenoxy) is 1. The van der Waals surface area contributed by atoms with Crippen LogP contribution in [0.3, 0.4) is 0 Å². The molecule has 1 unspecified atom stereocenters. The lowest BCUT2D eigenvalue weighted by Crippen LogP contribution is -2.11. The van der Waals surface area contributed by atoms with Crippen LogP contribution in [0.25, 0.3) is 0 Å². The molecule has 6 heteroatoms.